The number of rotatable bonds is 4. The number of carbonyl (C=O) groups is 1. The summed E-state index contributed by atoms with van der Waals surface area (Å²) in [5.74, 6) is 0.415. The molecule has 7 heteroatoms. The molecule has 2 N–H and O–H groups in total. The maximum atomic E-state index is 11.9. The van der Waals surface area contributed by atoms with Gasteiger partial charge in [-0.05, 0) is 38.6 Å². The highest BCUT2D eigenvalue weighted by Crippen LogP contribution is 2.23. The zero-order chi connectivity index (χ0) is 13.8. The second-order valence-electron chi connectivity index (χ2n) is 5.34. The molecule has 3 rings (SSSR count). The fraction of sp³-hybridized carbons (Fsp3) is 0.769. The van der Waals surface area contributed by atoms with Gasteiger partial charge in [0, 0.05) is 6.61 Å². The smallest absolute Gasteiger partial charge is 0.322 e. The van der Waals surface area contributed by atoms with Crippen molar-refractivity contribution in [2.45, 2.75) is 50.7 Å². The summed E-state index contributed by atoms with van der Waals surface area (Å²) in [6.45, 7) is 1.71. The Labute approximate surface area is 117 Å². The monoisotopic (exact) mass is 280 g/mol. The predicted octanol–water partition coefficient (Wildman–Crippen LogP) is 1.39. The van der Waals surface area contributed by atoms with E-state index in [1.807, 2.05) is 0 Å². The van der Waals surface area contributed by atoms with Gasteiger partial charge in [-0.2, -0.15) is 0 Å². The zero-order valence-electron chi connectivity index (χ0n) is 11.4. The van der Waals surface area contributed by atoms with Crippen molar-refractivity contribution in [2.24, 2.45) is 0 Å². The van der Waals surface area contributed by atoms with Crippen molar-refractivity contribution in [2.75, 3.05) is 18.5 Å². The average molecular weight is 280 g/mol. The van der Waals surface area contributed by atoms with Crippen molar-refractivity contribution < 1.29 is 13.9 Å². The molecule has 110 valence electrons. The van der Waals surface area contributed by atoms with E-state index < -0.39 is 0 Å². The minimum atomic E-state index is -0.133. The summed E-state index contributed by atoms with van der Waals surface area (Å²) in [6.07, 6.45) is 5.60. The Morgan fingerprint density at radius 2 is 2.25 bits per heavy atom. The molecular weight excluding hydrogens is 260 g/mol. The summed E-state index contributed by atoms with van der Waals surface area (Å²) in [7, 11) is 0. The van der Waals surface area contributed by atoms with Gasteiger partial charge >= 0.3 is 6.01 Å². The molecule has 7 nitrogen and oxygen atoms in total. The first-order valence-electron chi connectivity index (χ1n) is 7.29. The SMILES string of the molecule is O=C(CC1CCCCO1)Nc1nnc(C2CCCN2)o1. The predicted molar refractivity (Wildman–Crippen MR) is 71.1 cm³/mol. The molecule has 0 saturated carbocycles. The van der Waals surface area contributed by atoms with Crippen LogP contribution in [-0.4, -0.2) is 35.4 Å². The summed E-state index contributed by atoms with van der Waals surface area (Å²) in [6, 6.07) is 0.296. The van der Waals surface area contributed by atoms with Crippen LogP contribution in [0.15, 0.2) is 4.42 Å². The number of anilines is 1. The fourth-order valence-corrected chi connectivity index (χ4v) is 2.67. The van der Waals surface area contributed by atoms with Crippen molar-refractivity contribution in [3.05, 3.63) is 5.89 Å². The Balaban J connectivity index is 1.50. The van der Waals surface area contributed by atoms with Crippen LogP contribution in [0.3, 0.4) is 0 Å². The molecule has 1 amide bonds. The average Bonchev–Trinajstić information content (AvgIpc) is 3.10. The van der Waals surface area contributed by atoms with E-state index >= 15 is 0 Å². The molecule has 2 aliphatic rings. The Bertz CT molecular complexity index is 450. The number of carbonyl (C=O) groups excluding carboxylic acids is 1. The number of aromatic nitrogens is 2. The van der Waals surface area contributed by atoms with Gasteiger partial charge in [0.1, 0.15) is 0 Å². The van der Waals surface area contributed by atoms with Gasteiger partial charge in [0.15, 0.2) is 0 Å². The van der Waals surface area contributed by atoms with Gasteiger partial charge in [-0.15, -0.1) is 5.10 Å². The zero-order valence-corrected chi connectivity index (χ0v) is 11.4. The van der Waals surface area contributed by atoms with E-state index in [2.05, 4.69) is 20.8 Å². The van der Waals surface area contributed by atoms with Crippen molar-refractivity contribution in [1.82, 2.24) is 15.5 Å². The van der Waals surface area contributed by atoms with Crippen LogP contribution in [0.2, 0.25) is 0 Å². The highest BCUT2D eigenvalue weighted by Gasteiger charge is 2.23. The molecule has 3 heterocycles. The first-order chi connectivity index (χ1) is 9.81. The lowest BCUT2D eigenvalue weighted by Crippen LogP contribution is -2.25. The van der Waals surface area contributed by atoms with Crippen molar-refractivity contribution in [3.63, 3.8) is 0 Å². The lowest BCUT2D eigenvalue weighted by Gasteiger charge is -2.21. The molecule has 0 radical (unpaired) electrons. The van der Waals surface area contributed by atoms with Gasteiger partial charge in [0.25, 0.3) is 0 Å². The summed E-state index contributed by atoms with van der Waals surface area (Å²) in [5, 5.41) is 13.8. The molecule has 2 unspecified atom stereocenters. The Kier molecular flexibility index (Phi) is 4.27. The standard InChI is InChI=1S/C13H20N4O3/c18-11(8-9-4-1-2-7-19-9)15-13-17-16-12(20-13)10-5-3-6-14-10/h9-10,14H,1-8H2,(H,15,17,18). The molecule has 1 aromatic rings. The van der Waals surface area contributed by atoms with Crippen LogP contribution < -0.4 is 10.6 Å². The number of nitrogens with zero attached hydrogens (tertiary/aromatic N) is 2. The molecule has 2 aliphatic heterocycles. The molecular formula is C13H20N4O3. The molecule has 0 spiro atoms. The van der Waals surface area contributed by atoms with Crippen molar-refractivity contribution in [1.29, 1.82) is 0 Å². The third kappa shape index (κ3) is 3.34. The van der Waals surface area contributed by atoms with E-state index in [4.69, 9.17) is 9.15 Å². The Hall–Kier alpha value is -1.47. The Morgan fingerprint density at radius 1 is 1.30 bits per heavy atom. The van der Waals surface area contributed by atoms with Crippen LogP contribution in [0, 0.1) is 0 Å². The number of hydrogen-bond acceptors (Lipinski definition) is 6. The molecule has 0 bridgehead atoms. The van der Waals surface area contributed by atoms with E-state index in [0.717, 1.165) is 45.3 Å². The van der Waals surface area contributed by atoms with E-state index in [1.54, 1.807) is 0 Å². The number of hydrogen-bond donors (Lipinski definition) is 2. The second-order valence-corrected chi connectivity index (χ2v) is 5.34. The maximum absolute atomic E-state index is 11.9. The summed E-state index contributed by atoms with van der Waals surface area (Å²) in [4.78, 5) is 11.9. The second kappa shape index (κ2) is 6.32. The number of ether oxygens (including phenoxy) is 1. The fourth-order valence-electron chi connectivity index (χ4n) is 2.67. The normalized spacial score (nSPS) is 26.6. The van der Waals surface area contributed by atoms with Crippen LogP contribution in [-0.2, 0) is 9.53 Å². The van der Waals surface area contributed by atoms with Gasteiger partial charge < -0.3 is 14.5 Å². The Morgan fingerprint density at radius 3 is 3.00 bits per heavy atom. The van der Waals surface area contributed by atoms with Gasteiger partial charge in [0.05, 0.1) is 18.6 Å². The quantitative estimate of drug-likeness (QED) is 0.866. The van der Waals surface area contributed by atoms with Crippen molar-refractivity contribution in [3.8, 4) is 0 Å². The first kappa shape index (κ1) is 13.5. The van der Waals surface area contributed by atoms with Crippen LogP contribution >= 0.6 is 0 Å². The van der Waals surface area contributed by atoms with Crippen LogP contribution in [0.25, 0.3) is 0 Å². The molecule has 0 aromatic carbocycles. The molecule has 2 saturated heterocycles. The number of nitrogens with one attached hydrogen (secondary N) is 2. The molecule has 2 fully saturated rings. The minimum Gasteiger partial charge on any atom is -0.406 e. The van der Waals surface area contributed by atoms with Gasteiger partial charge in [-0.1, -0.05) is 5.10 Å². The van der Waals surface area contributed by atoms with Gasteiger partial charge in [-0.25, -0.2) is 0 Å². The minimum absolute atomic E-state index is 0.0163. The van der Waals surface area contributed by atoms with Crippen LogP contribution in [0.5, 0.6) is 0 Å². The van der Waals surface area contributed by atoms with Crippen molar-refractivity contribution >= 4 is 11.9 Å². The molecule has 20 heavy (non-hydrogen) atoms. The third-order valence-corrected chi connectivity index (χ3v) is 3.73. The summed E-state index contributed by atoms with van der Waals surface area (Å²) in [5.41, 5.74) is 0. The van der Waals surface area contributed by atoms with E-state index in [9.17, 15) is 4.79 Å². The van der Waals surface area contributed by atoms with Gasteiger partial charge in [0.2, 0.25) is 11.8 Å². The molecule has 2 atom stereocenters. The number of amides is 1. The summed E-state index contributed by atoms with van der Waals surface area (Å²) >= 11 is 0. The van der Waals surface area contributed by atoms with Crippen LogP contribution in [0.4, 0.5) is 6.01 Å². The lowest BCUT2D eigenvalue weighted by atomic mass is 10.1. The topological polar surface area (TPSA) is 89.3 Å². The van der Waals surface area contributed by atoms with Gasteiger partial charge in [-0.3, -0.25) is 10.1 Å². The first-order valence-corrected chi connectivity index (χ1v) is 7.29. The van der Waals surface area contributed by atoms with E-state index in [1.165, 1.54) is 0 Å². The summed E-state index contributed by atoms with van der Waals surface area (Å²) < 4.78 is 11.0. The third-order valence-electron chi connectivity index (χ3n) is 3.73. The molecule has 0 aliphatic carbocycles. The lowest BCUT2D eigenvalue weighted by molar-refractivity contribution is -0.120. The molecule has 1 aromatic heterocycles. The van der Waals surface area contributed by atoms with E-state index in [-0.39, 0.29) is 24.1 Å². The maximum Gasteiger partial charge on any atom is 0.322 e. The largest absolute Gasteiger partial charge is 0.406 e. The highest BCUT2D eigenvalue weighted by molar-refractivity contribution is 5.88. The van der Waals surface area contributed by atoms with E-state index in [0.29, 0.717) is 12.3 Å². The highest BCUT2D eigenvalue weighted by atomic mass is 16.5. The van der Waals surface area contributed by atoms with Crippen LogP contribution in [0.1, 0.15) is 50.5 Å².